The van der Waals surface area contributed by atoms with Gasteiger partial charge in [-0.1, -0.05) is 15.9 Å². The molecule has 0 fully saturated rings. The summed E-state index contributed by atoms with van der Waals surface area (Å²) < 4.78 is 45.5. The van der Waals surface area contributed by atoms with Gasteiger partial charge in [0.25, 0.3) is 5.88 Å². The Balaban J connectivity index is 3.33. The lowest BCUT2D eigenvalue weighted by atomic mass is 10.1. The summed E-state index contributed by atoms with van der Waals surface area (Å²) in [5.41, 5.74) is 0.551. The highest BCUT2D eigenvalue weighted by Gasteiger charge is 2.34. The topological polar surface area (TPSA) is 55.1 Å². The molecule has 0 atom stereocenters. The lowest BCUT2D eigenvalue weighted by Crippen LogP contribution is -2.19. The average Bonchev–Trinajstić information content (AvgIpc) is 2.28. The van der Waals surface area contributed by atoms with Gasteiger partial charge < -0.3 is 9.47 Å². The van der Waals surface area contributed by atoms with Crippen molar-refractivity contribution in [1.29, 1.82) is 5.26 Å². The molecule has 1 rings (SSSR count). The highest BCUT2D eigenvalue weighted by atomic mass is 79.9. The second-order valence-electron chi connectivity index (χ2n) is 3.12. The number of hydrogen-bond donors (Lipinski definition) is 0. The number of halogens is 4. The molecule has 1 aromatic rings. The summed E-state index contributed by atoms with van der Waals surface area (Å²) in [4.78, 5) is 3.69. The molecule has 0 unspecified atom stereocenters. The van der Waals surface area contributed by atoms with Crippen LogP contribution < -0.4 is 9.47 Å². The molecule has 98 valence electrons. The molecule has 1 heterocycles. The Kier molecular flexibility index (Phi) is 4.78. The zero-order valence-corrected chi connectivity index (χ0v) is 10.8. The first-order valence-corrected chi connectivity index (χ1v) is 5.78. The summed E-state index contributed by atoms with van der Waals surface area (Å²) in [6.45, 7) is 0. The Morgan fingerprint density at radius 1 is 1.50 bits per heavy atom. The zero-order chi connectivity index (χ0) is 13.8. The van der Waals surface area contributed by atoms with Crippen LogP contribution in [0.4, 0.5) is 13.2 Å². The molecular weight excluding hydrogens is 317 g/mol. The first kappa shape index (κ1) is 14.6. The van der Waals surface area contributed by atoms with Crippen LogP contribution in [0.15, 0.2) is 6.20 Å². The minimum atomic E-state index is -4.85. The Bertz CT molecular complexity index is 471. The van der Waals surface area contributed by atoms with E-state index in [4.69, 9.17) is 10.00 Å². The second-order valence-corrected chi connectivity index (χ2v) is 3.68. The molecule has 0 radical (unpaired) electrons. The SMILES string of the molecule is COc1ncc(CC#N)c(CBr)c1OC(F)(F)F. The monoisotopic (exact) mass is 324 g/mol. The molecular formula is C10H8BrF3N2O2. The number of nitrogens with zero attached hydrogens (tertiary/aromatic N) is 2. The largest absolute Gasteiger partial charge is 0.573 e. The first-order chi connectivity index (χ1) is 8.42. The van der Waals surface area contributed by atoms with Crippen LogP contribution in [0, 0.1) is 11.3 Å². The average molecular weight is 325 g/mol. The van der Waals surface area contributed by atoms with Gasteiger partial charge >= 0.3 is 6.36 Å². The third-order valence-corrected chi connectivity index (χ3v) is 2.57. The van der Waals surface area contributed by atoms with Crippen molar-refractivity contribution in [2.45, 2.75) is 18.1 Å². The van der Waals surface area contributed by atoms with Gasteiger partial charge in [0.1, 0.15) is 0 Å². The van der Waals surface area contributed by atoms with E-state index in [1.165, 1.54) is 13.3 Å². The number of aromatic nitrogens is 1. The molecule has 8 heteroatoms. The smallest absolute Gasteiger partial charge is 0.478 e. The van der Waals surface area contributed by atoms with Crippen LogP contribution in [0.2, 0.25) is 0 Å². The van der Waals surface area contributed by atoms with Gasteiger partial charge in [0, 0.05) is 17.1 Å². The van der Waals surface area contributed by atoms with E-state index < -0.39 is 12.1 Å². The maximum absolute atomic E-state index is 12.3. The van der Waals surface area contributed by atoms with Gasteiger partial charge in [-0.3, -0.25) is 0 Å². The van der Waals surface area contributed by atoms with Crippen molar-refractivity contribution in [3.05, 3.63) is 17.3 Å². The van der Waals surface area contributed by atoms with E-state index in [1.807, 2.05) is 6.07 Å². The number of hydrogen-bond acceptors (Lipinski definition) is 4. The molecule has 4 nitrogen and oxygen atoms in total. The van der Waals surface area contributed by atoms with E-state index in [0.717, 1.165) is 0 Å². The highest BCUT2D eigenvalue weighted by Crippen LogP contribution is 2.36. The summed E-state index contributed by atoms with van der Waals surface area (Å²) in [6.07, 6.45) is -3.62. The number of pyridine rings is 1. The summed E-state index contributed by atoms with van der Waals surface area (Å²) in [7, 11) is 1.19. The second kappa shape index (κ2) is 5.91. The van der Waals surface area contributed by atoms with E-state index >= 15 is 0 Å². The Hall–Kier alpha value is -1.49. The van der Waals surface area contributed by atoms with Crippen LogP contribution in [-0.4, -0.2) is 18.5 Å². The zero-order valence-electron chi connectivity index (χ0n) is 9.21. The lowest BCUT2D eigenvalue weighted by Gasteiger charge is -2.16. The molecule has 1 aromatic heterocycles. The van der Waals surface area contributed by atoms with Gasteiger partial charge in [0.15, 0.2) is 5.75 Å². The van der Waals surface area contributed by atoms with Crippen molar-refractivity contribution in [1.82, 2.24) is 4.98 Å². The molecule has 0 amide bonds. The molecule has 18 heavy (non-hydrogen) atoms. The lowest BCUT2D eigenvalue weighted by molar-refractivity contribution is -0.275. The van der Waals surface area contributed by atoms with E-state index in [-0.39, 0.29) is 23.2 Å². The molecule has 0 aliphatic heterocycles. The number of alkyl halides is 4. The molecule has 0 aromatic carbocycles. The van der Waals surface area contributed by atoms with Crippen LogP contribution >= 0.6 is 15.9 Å². The van der Waals surface area contributed by atoms with Gasteiger partial charge in [-0.15, -0.1) is 13.2 Å². The van der Waals surface area contributed by atoms with Crippen LogP contribution in [-0.2, 0) is 11.8 Å². The third kappa shape index (κ3) is 3.50. The van der Waals surface area contributed by atoms with Crippen LogP contribution in [0.3, 0.4) is 0 Å². The molecule has 0 aliphatic rings. The molecule has 0 bridgehead atoms. The quantitative estimate of drug-likeness (QED) is 0.799. The fourth-order valence-corrected chi connectivity index (χ4v) is 1.91. The Morgan fingerprint density at radius 2 is 2.17 bits per heavy atom. The van der Waals surface area contributed by atoms with Crippen LogP contribution in [0.1, 0.15) is 11.1 Å². The van der Waals surface area contributed by atoms with Gasteiger partial charge in [-0.2, -0.15) is 5.26 Å². The minimum Gasteiger partial charge on any atom is -0.478 e. The highest BCUT2D eigenvalue weighted by molar-refractivity contribution is 9.08. The van der Waals surface area contributed by atoms with Crippen molar-refractivity contribution in [3.63, 3.8) is 0 Å². The maximum atomic E-state index is 12.3. The van der Waals surface area contributed by atoms with Gasteiger partial charge in [-0.05, 0) is 5.56 Å². The summed E-state index contributed by atoms with van der Waals surface area (Å²) >= 11 is 3.06. The summed E-state index contributed by atoms with van der Waals surface area (Å²) in [5.74, 6) is -0.793. The normalized spacial score (nSPS) is 10.9. The van der Waals surface area contributed by atoms with E-state index in [2.05, 4.69) is 25.7 Å². The third-order valence-electron chi connectivity index (χ3n) is 2.01. The summed E-state index contributed by atoms with van der Waals surface area (Å²) in [5, 5.41) is 8.69. The molecule has 0 N–H and O–H groups in total. The van der Waals surface area contributed by atoms with E-state index in [0.29, 0.717) is 5.56 Å². The summed E-state index contributed by atoms with van der Waals surface area (Å²) in [6, 6.07) is 1.85. The van der Waals surface area contributed by atoms with E-state index in [9.17, 15) is 13.2 Å². The van der Waals surface area contributed by atoms with Crippen molar-refractivity contribution >= 4 is 15.9 Å². The molecule has 0 saturated heterocycles. The van der Waals surface area contributed by atoms with Gasteiger partial charge in [0.2, 0.25) is 0 Å². The Morgan fingerprint density at radius 3 is 2.61 bits per heavy atom. The number of methoxy groups -OCH3 is 1. The molecule has 0 spiro atoms. The standard InChI is InChI=1S/C10H8BrF3N2O2/c1-17-9-8(18-10(12,13)14)7(4-11)6(2-3-15)5-16-9/h5H,2,4H2,1H3. The van der Waals surface area contributed by atoms with Crippen LogP contribution in [0.25, 0.3) is 0 Å². The van der Waals surface area contributed by atoms with Gasteiger partial charge in [0.05, 0.1) is 19.6 Å². The predicted molar refractivity (Wildman–Crippen MR) is 59.4 cm³/mol. The Labute approximate surface area is 109 Å². The maximum Gasteiger partial charge on any atom is 0.573 e. The van der Waals surface area contributed by atoms with Crippen molar-refractivity contribution in [2.24, 2.45) is 0 Å². The van der Waals surface area contributed by atoms with E-state index in [1.54, 1.807) is 0 Å². The molecule has 0 saturated carbocycles. The minimum absolute atomic E-state index is 0.0633. The van der Waals surface area contributed by atoms with Crippen molar-refractivity contribution in [2.75, 3.05) is 7.11 Å². The van der Waals surface area contributed by atoms with Crippen molar-refractivity contribution in [3.8, 4) is 17.7 Å². The van der Waals surface area contributed by atoms with Crippen LogP contribution in [0.5, 0.6) is 11.6 Å². The van der Waals surface area contributed by atoms with Gasteiger partial charge in [-0.25, -0.2) is 4.98 Å². The fraction of sp³-hybridized carbons (Fsp3) is 0.400. The van der Waals surface area contributed by atoms with Crippen molar-refractivity contribution < 1.29 is 22.6 Å². The fourth-order valence-electron chi connectivity index (χ4n) is 1.30. The number of rotatable bonds is 4. The first-order valence-electron chi connectivity index (χ1n) is 4.66. The molecule has 0 aliphatic carbocycles. The predicted octanol–water partition coefficient (Wildman–Crippen LogP) is 2.95. The number of nitriles is 1. The number of ether oxygens (including phenoxy) is 2.